The van der Waals surface area contributed by atoms with Crippen molar-refractivity contribution in [1.82, 2.24) is 10.2 Å². The highest BCUT2D eigenvalue weighted by molar-refractivity contribution is 7.80. The van der Waals surface area contributed by atoms with Crippen molar-refractivity contribution >= 4 is 17.3 Å². The zero-order valence-corrected chi connectivity index (χ0v) is 12.4. The molecule has 19 heavy (non-hydrogen) atoms. The van der Waals surface area contributed by atoms with Crippen LogP contribution in [0, 0.1) is 0 Å². The van der Waals surface area contributed by atoms with Gasteiger partial charge in [-0.2, -0.15) is 0 Å². The summed E-state index contributed by atoms with van der Waals surface area (Å²) >= 11 is 5.51. The van der Waals surface area contributed by atoms with Crippen molar-refractivity contribution in [3.63, 3.8) is 0 Å². The van der Waals surface area contributed by atoms with Gasteiger partial charge in [-0.15, -0.1) is 0 Å². The Hall–Kier alpha value is -1.09. The van der Waals surface area contributed by atoms with E-state index >= 15 is 0 Å². The van der Waals surface area contributed by atoms with Crippen LogP contribution in [0.2, 0.25) is 0 Å². The highest BCUT2D eigenvalue weighted by atomic mass is 32.1. The molecule has 1 N–H and O–H groups in total. The van der Waals surface area contributed by atoms with Crippen molar-refractivity contribution < 1.29 is 0 Å². The number of thiocarbonyl (C=S) groups is 1. The Balaban J connectivity index is 1.71. The molecule has 2 nitrogen and oxygen atoms in total. The van der Waals surface area contributed by atoms with E-state index in [-0.39, 0.29) is 0 Å². The van der Waals surface area contributed by atoms with E-state index in [1.165, 1.54) is 37.7 Å². The van der Waals surface area contributed by atoms with Crippen molar-refractivity contribution in [2.45, 2.75) is 38.5 Å². The third-order valence-corrected chi connectivity index (χ3v) is 4.08. The largest absolute Gasteiger partial charge is 0.362 e. The fraction of sp³-hybridized carbons (Fsp3) is 0.562. The fourth-order valence-corrected chi connectivity index (χ4v) is 2.81. The molecule has 1 aliphatic heterocycles. The minimum atomic E-state index is 0.930. The number of likely N-dealkylation sites (tertiary alicyclic amines) is 1. The average molecular weight is 276 g/mol. The molecule has 0 radical (unpaired) electrons. The van der Waals surface area contributed by atoms with Crippen LogP contribution in [0.5, 0.6) is 0 Å². The summed E-state index contributed by atoms with van der Waals surface area (Å²) < 4.78 is 0. The number of rotatable bonds is 3. The molecule has 0 atom stereocenters. The van der Waals surface area contributed by atoms with Crippen molar-refractivity contribution in [3.05, 3.63) is 35.9 Å². The predicted molar refractivity (Wildman–Crippen MR) is 85.4 cm³/mol. The molecule has 1 saturated heterocycles. The Morgan fingerprint density at radius 3 is 2.32 bits per heavy atom. The van der Waals surface area contributed by atoms with Gasteiger partial charge in [0.25, 0.3) is 0 Å². The quantitative estimate of drug-likeness (QED) is 0.852. The molecular weight excluding hydrogens is 252 g/mol. The lowest BCUT2D eigenvalue weighted by Crippen LogP contribution is -2.42. The molecule has 1 aromatic carbocycles. The van der Waals surface area contributed by atoms with Crippen LogP contribution < -0.4 is 5.32 Å². The van der Waals surface area contributed by atoms with Crippen LogP contribution in [0.15, 0.2) is 30.3 Å². The van der Waals surface area contributed by atoms with Crippen LogP contribution in [0.3, 0.4) is 0 Å². The molecule has 0 aromatic heterocycles. The Bertz CT molecular complexity index is 370. The topological polar surface area (TPSA) is 15.3 Å². The van der Waals surface area contributed by atoms with Crippen LogP contribution >= 0.6 is 12.2 Å². The number of hydrogen-bond donors (Lipinski definition) is 1. The maximum Gasteiger partial charge on any atom is 0.168 e. The molecule has 104 valence electrons. The highest BCUT2D eigenvalue weighted by Crippen LogP contribution is 2.10. The van der Waals surface area contributed by atoms with E-state index < -0.39 is 0 Å². The summed E-state index contributed by atoms with van der Waals surface area (Å²) in [5.74, 6) is 0. The molecule has 1 aliphatic rings. The smallest absolute Gasteiger partial charge is 0.168 e. The third kappa shape index (κ3) is 5.19. The Morgan fingerprint density at radius 2 is 1.63 bits per heavy atom. The zero-order chi connectivity index (χ0) is 13.3. The van der Waals surface area contributed by atoms with E-state index in [0.29, 0.717) is 0 Å². The number of hydrogen-bond acceptors (Lipinski definition) is 1. The van der Waals surface area contributed by atoms with Gasteiger partial charge in [0.2, 0.25) is 0 Å². The summed E-state index contributed by atoms with van der Waals surface area (Å²) in [6, 6.07) is 10.6. The van der Waals surface area contributed by atoms with Crippen LogP contribution in [-0.2, 0) is 6.42 Å². The van der Waals surface area contributed by atoms with Crippen molar-refractivity contribution in [2.75, 3.05) is 19.6 Å². The van der Waals surface area contributed by atoms with Gasteiger partial charge in [-0.3, -0.25) is 0 Å². The van der Waals surface area contributed by atoms with Gasteiger partial charge >= 0.3 is 0 Å². The van der Waals surface area contributed by atoms with Gasteiger partial charge < -0.3 is 10.2 Å². The third-order valence-electron chi connectivity index (χ3n) is 3.68. The summed E-state index contributed by atoms with van der Waals surface area (Å²) in [5, 5.41) is 4.35. The molecule has 2 rings (SSSR count). The first-order valence-corrected chi connectivity index (χ1v) is 7.84. The summed E-state index contributed by atoms with van der Waals surface area (Å²) in [6.45, 7) is 3.17. The Labute approximate surface area is 122 Å². The number of benzene rings is 1. The predicted octanol–water partition coefficient (Wildman–Crippen LogP) is 3.37. The van der Waals surface area contributed by atoms with Gasteiger partial charge in [0.15, 0.2) is 5.11 Å². The summed E-state index contributed by atoms with van der Waals surface area (Å²) in [5.41, 5.74) is 1.37. The molecule has 0 amide bonds. The van der Waals surface area contributed by atoms with Crippen molar-refractivity contribution in [3.8, 4) is 0 Å². The minimum absolute atomic E-state index is 0.930. The maximum atomic E-state index is 5.51. The van der Waals surface area contributed by atoms with E-state index in [2.05, 4.69) is 40.5 Å². The molecule has 1 heterocycles. The van der Waals surface area contributed by atoms with E-state index in [1.54, 1.807) is 0 Å². The molecule has 0 bridgehead atoms. The lowest BCUT2D eigenvalue weighted by atomic mass is 10.1. The van der Waals surface area contributed by atoms with Crippen LogP contribution in [0.4, 0.5) is 0 Å². The van der Waals surface area contributed by atoms with E-state index in [0.717, 1.165) is 31.2 Å². The maximum absolute atomic E-state index is 5.51. The van der Waals surface area contributed by atoms with Crippen LogP contribution in [-0.4, -0.2) is 29.6 Å². The highest BCUT2D eigenvalue weighted by Gasteiger charge is 2.10. The summed E-state index contributed by atoms with van der Waals surface area (Å²) in [4.78, 5) is 2.35. The van der Waals surface area contributed by atoms with Gasteiger partial charge in [-0.1, -0.05) is 49.6 Å². The SMILES string of the molecule is S=C(NCCc1ccccc1)N1CCCCCCC1. The lowest BCUT2D eigenvalue weighted by molar-refractivity contribution is 0.358. The second-order valence-electron chi connectivity index (χ2n) is 5.22. The van der Waals surface area contributed by atoms with Crippen LogP contribution in [0.25, 0.3) is 0 Å². The lowest BCUT2D eigenvalue weighted by Gasteiger charge is -2.27. The summed E-state index contributed by atoms with van der Waals surface area (Å²) in [6.07, 6.45) is 7.68. The molecule has 1 aromatic rings. The van der Waals surface area contributed by atoms with Crippen molar-refractivity contribution in [2.24, 2.45) is 0 Å². The first-order chi connectivity index (χ1) is 9.36. The van der Waals surface area contributed by atoms with Gasteiger partial charge in [-0.25, -0.2) is 0 Å². The minimum Gasteiger partial charge on any atom is -0.362 e. The van der Waals surface area contributed by atoms with Gasteiger partial charge in [0.1, 0.15) is 0 Å². The number of nitrogens with zero attached hydrogens (tertiary/aromatic N) is 1. The molecule has 3 heteroatoms. The Morgan fingerprint density at radius 1 is 1.00 bits per heavy atom. The normalized spacial score (nSPS) is 16.5. The molecule has 0 unspecified atom stereocenters. The number of nitrogens with one attached hydrogen (secondary N) is 1. The second-order valence-corrected chi connectivity index (χ2v) is 5.61. The fourth-order valence-electron chi connectivity index (χ4n) is 2.52. The van der Waals surface area contributed by atoms with Crippen molar-refractivity contribution in [1.29, 1.82) is 0 Å². The molecule has 0 saturated carbocycles. The first kappa shape index (κ1) is 14.3. The van der Waals surface area contributed by atoms with E-state index in [1.807, 2.05) is 0 Å². The molecule has 0 aliphatic carbocycles. The zero-order valence-electron chi connectivity index (χ0n) is 11.6. The van der Waals surface area contributed by atoms with E-state index in [9.17, 15) is 0 Å². The average Bonchev–Trinajstić information content (AvgIpc) is 2.39. The summed E-state index contributed by atoms with van der Waals surface area (Å²) in [7, 11) is 0. The van der Waals surface area contributed by atoms with Crippen LogP contribution in [0.1, 0.15) is 37.7 Å². The van der Waals surface area contributed by atoms with E-state index in [4.69, 9.17) is 12.2 Å². The van der Waals surface area contributed by atoms with Gasteiger partial charge in [0, 0.05) is 19.6 Å². The standard InChI is InChI=1S/C16H24N2S/c19-16(18-13-7-2-1-3-8-14-18)17-12-11-15-9-5-4-6-10-15/h4-6,9-10H,1-3,7-8,11-14H2,(H,17,19). The molecular formula is C16H24N2S. The first-order valence-electron chi connectivity index (χ1n) is 7.43. The molecule has 1 fully saturated rings. The van der Waals surface area contributed by atoms with Gasteiger partial charge in [0.05, 0.1) is 0 Å². The molecule has 0 spiro atoms. The monoisotopic (exact) mass is 276 g/mol. The van der Waals surface area contributed by atoms with Gasteiger partial charge in [-0.05, 0) is 37.0 Å². The second kappa shape index (κ2) is 8.16. The Kier molecular flexibility index (Phi) is 6.15.